The van der Waals surface area contributed by atoms with Crippen molar-refractivity contribution in [1.82, 2.24) is 0 Å². The van der Waals surface area contributed by atoms with E-state index in [9.17, 15) is 18.0 Å². The van der Waals surface area contributed by atoms with Gasteiger partial charge < -0.3 is 10.5 Å². The van der Waals surface area contributed by atoms with Crippen molar-refractivity contribution in [3.8, 4) is 16.9 Å². The van der Waals surface area contributed by atoms with Crippen molar-refractivity contribution in [1.29, 1.82) is 0 Å². The monoisotopic (exact) mass is 441 g/mol. The third kappa shape index (κ3) is 6.61. The second kappa shape index (κ2) is 10.4. The van der Waals surface area contributed by atoms with Gasteiger partial charge in [-0.2, -0.15) is 13.2 Å². The SMILES string of the molecule is CCc1ccc(-c2ccc(OC(CCCC(F)(F)F)c3ccc(C(N)=O)cc3)cc2)cc1. The molecule has 32 heavy (non-hydrogen) atoms. The molecule has 0 spiro atoms. The second-order valence-electron chi connectivity index (χ2n) is 7.68. The van der Waals surface area contributed by atoms with Gasteiger partial charge in [-0.25, -0.2) is 0 Å². The standard InChI is InChI=1S/C26H26F3NO2/c1-2-18-5-7-19(8-6-18)20-13-15-23(16-14-20)32-24(4-3-17-26(27,28)29)21-9-11-22(12-10-21)25(30)31/h5-16,24H,2-4,17H2,1H3,(H2,30,31). The van der Waals surface area contributed by atoms with Gasteiger partial charge in [-0.1, -0.05) is 55.5 Å². The minimum absolute atomic E-state index is 0.0619. The van der Waals surface area contributed by atoms with Gasteiger partial charge in [-0.15, -0.1) is 0 Å². The van der Waals surface area contributed by atoms with E-state index in [2.05, 4.69) is 31.2 Å². The summed E-state index contributed by atoms with van der Waals surface area (Å²) in [5.41, 5.74) is 9.67. The Morgan fingerprint density at radius 2 is 1.47 bits per heavy atom. The van der Waals surface area contributed by atoms with Gasteiger partial charge in [-0.3, -0.25) is 4.79 Å². The van der Waals surface area contributed by atoms with E-state index in [-0.39, 0.29) is 12.8 Å². The van der Waals surface area contributed by atoms with E-state index >= 15 is 0 Å². The molecule has 0 fully saturated rings. The Morgan fingerprint density at radius 1 is 0.906 bits per heavy atom. The van der Waals surface area contributed by atoms with Gasteiger partial charge in [0.2, 0.25) is 5.91 Å². The molecule has 168 valence electrons. The average molecular weight is 441 g/mol. The van der Waals surface area contributed by atoms with Crippen LogP contribution in [0.1, 0.15) is 53.8 Å². The molecule has 0 aliphatic rings. The molecule has 1 unspecified atom stereocenters. The number of hydrogen-bond donors (Lipinski definition) is 1. The van der Waals surface area contributed by atoms with Crippen molar-refractivity contribution < 1.29 is 22.7 Å². The molecule has 3 aromatic rings. The van der Waals surface area contributed by atoms with Crippen LogP contribution >= 0.6 is 0 Å². The fourth-order valence-corrected chi connectivity index (χ4v) is 3.47. The van der Waals surface area contributed by atoms with E-state index in [1.807, 2.05) is 24.3 Å². The second-order valence-corrected chi connectivity index (χ2v) is 7.68. The zero-order valence-electron chi connectivity index (χ0n) is 17.9. The number of benzene rings is 3. The topological polar surface area (TPSA) is 52.3 Å². The number of nitrogens with two attached hydrogens (primary N) is 1. The quantitative estimate of drug-likeness (QED) is 0.394. The van der Waals surface area contributed by atoms with Crippen molar-refractivity contribution in [2.75, 3.05) is 0 Å². The fraction of sp³-hybridized carbons (Fsp3) is 0.269. The highest BCUT2D eigenvalue weighted by Crippen LogP contribution is 2.31. The number of carbonyl (C=O) groups excluding carboxylic acids is 1. The lowest BCUT2D eigenvalue weighted by molar-refractivity contribution is -0.136. The molecule has 0 aromatic heterocycles. The van der Waals surface area contributed by atoms with E-state index in [4.69, 9.17) is 10.5 Å². The van der Waals surface area contributed by atoms with E-state index in [1.54, 1.807) is 24.3 Å². The third-order valence-corrected chi connectivity index (χ3v) is 5.32. The van der Waals surface area contributed by atoms with Crippen LogP contribution in [0.4, 0.5) is 13.2 Å². The van der Waals surface area contributed by atoms with Gasteiger partial charge in [0.1, 0.15) is 11.9 Å². The Bertz CT molecular complexity index is 1010. The number of halogens is 3. The van der Waals surface area contributed by atoms with Crippen molar-refractivity contribution >= 4 is 5.91 Å². The summed E-state index contributed by atoms with van der Waals surface area (Å²) in [4.78, 5) is 11.3. The molecule has 1 atom stereocenters. The average Bonchev–Trinajstić information content (AvgIpc) is 2.78. The van der Waals surface area contributed by atoms with Crippen LogP contribution in [0.3, 0.4) is 0 Å². The number of rotatable bonds is 9. The number of primary amides is 1. The first-order valence-electron chi connectivity index (χ1n) is 10.6. The number of amides is 1. The zero-order valence-corrected chi connectivity index (χ0v) is 17.9. The van der Waals surface area contributed by atoms with Crippen LogP contribution in [0.15, 0.2) is 72.8 Å². The van der Waals surface area contributed by atoms with Crippen LogP contribution in [-0.2, 0) is 6.42 Å². The Kier molecular flexibility index (Phi) is 7.57. The molecule has 0 heterocycles. The molecule has 6 heteroatoms. The lowest BCUT2D eigenvalue weighted by Crippen LogP contribution is -2.13. The highest BCUT2D eigenvalue weighted by molar-refractivity contribution is 5.92. The molecule has 3 rings (SSSR count). The predicted octanol–water partition coefficient (Wildman–Crippen LogP) is 6.87. The van der Waals surface area contributed by atoms with Crippen LogP contribution in [0.5, 0.6) is 5.75 Å². The first-order chi connectivity index (χ1) is 15.2. The molecule has 3 aromatic carbocycles. The van der Waals surface area contributed by atoms with Gasteiger partial charge in [0, 0.05) is 12.0 Å². The Morgan fingerprint density at radius 3 is 1.97 bits per heavy atom. The molecule has 0 aliphatic heterocycles. The summed E-state index contributed by atoms with van der Waals surface area (Å²) >= 11 is 0. The summed E-state index contributed by atoms with van der Waals surface area (Å²) in [5.74, 6) is 0.00330. The molecule has 2 N–H and O–H groups in total. The zero-order chi connectivity index (χ0) is 23.1. The molecule has 0 saturated heterocycles. The smallest absolute Gasteiger partial charge is 0.389 e. The summed E-state index contributed by atoms with van der Waals surface area (Å²) in [6.45, 7) is 2.10. The van der Waals surface area contributed by atoms with E-state index in [0.717, 1.165) is 17.5 Å². The van der Waals surface area contributed by atoms with E-state index < -0.39 is 24.6 Å². The van der Waals surface area contributed by atoms with Gasteiger partial charge >= 0.3 is 6.18 Å². The molecular formula is C26H26F3NO2. The highest BCUT2D eigenvalue weighted by Gasteiger charge is 2.27. The van der Waals surface area contributed by atoms with Crippen LogP contribution in [0.2, 0.25) is 0 Å². The summed E-state index contributed by atoms with van der Waals surface area (Å²) in [6, 6.07) is 22.3. The molecule has 1 amide bonds. The lowest BCUT2D eigenvalue weighted by atomic mass is 10.0. The summed E-state index contributed by atoms with van der Waals surface area (Å²) in [7, 11) is 0. The fourth-order valence-electron chi connectivity index (χ4n) is 3.47. The van der Waals surface area contributed by atoms with E-state index in [1.165, 1.54) is 5.56 Å². The van der Waals surface area contributed by atoms with Crippen molar-refractivity contribution in [2.24, 2.45) is 5.73 Å². The van der Waals surface area contributed by atoms with Crippen molar-refractivity contribution in [3.05, 3.63) is 89.5 Å². The van der Waals surface area contributed by atoms with E-state index in [0.29, 0.717) is 16.9 Å². The van der Waals surface area contributed by atoms with Crippen molar-refractivity contribution in [2.45, 2.75) is 44.9 Å². The first-order valence-corrected chi connectivity index (χ1v) is 10.6. The third-order valence-electron chi connectivity index (χ3n) is 5.32. The minimum Gasteiger partial charge on any atom is -0.486 e. The first kappa shape index (κ1) is 23.4. The number of ether oxygens (including phenoxy) is 1. The van der Waals surface area contributed by atoms with Crippen LogP contribution in [-0.4, -0.2) is 12.1 Å². The predicted molar refractivity (Wildman–Crippen MR) is 119 cm³/mol. The number of aryl methyl sites for hydroxylation is 1. The van der Waals surface area contributed by atoms with Gasteiger partial charge in [0.15, 0.2) is 0 Å². The van der Waals surface area contributed by atoms with Crippen LogP contribution in [0.25, 0.3) is 11.1 Å². The Balaban J connectivity index is 1.75. The van der Waals surface area contributed by atoms with Crippen molar-refractivity contribution in [3.63, 3.8) is 0 Å². The maximum Gasteiger partial charge on any atom is 0.389 e. The van der Waals surface area contributed by atoms with Crippen LogP contribution in [0, 0.1) is 0 Å². The Hall–Kier alpha value is -3.28. The van der Waals surface area contributed by atoms with Crippen LogP contribution < -0.4 is 10.5 Å². The Labute approximate surface area is 186 Å². The minimum atomic E-state index is -4.21. The molecule has 0 aliphatic carbocycles. The summed E-state index contributed by atoms with van der Waals surface area (Å²) < 4.78 is 44.0. The largest absolute Gasteiger partial charge is 0.486 e. The number of alkyl halides is 3. The summed E-state index contributed by atoms with van der Waals surface area (Å²) in [6.07, 6.45) is -4.56. The highest BCUT2D eigenvalue weighted by atomic mass is 19.4. The van der Waals surface area contributed by atoms with Gasteiger partial charge in [0.25, 0.3) is 0 Å². The normalized spacial score (nSPS) is 12.4. The number of carbonyl (C=O) groups is 1. The van der Waals surface area contributed by atoms with Gasteiger partial charge in [0.05, 0.1) is 0 Å². The molecular weight excluding hydrogens is 415 g/mol. The summed E-state index contributed by atoms with van der Waals surface area (Å²) in [5, 5.41) is 0. The molecule has 0 bridgehead atoms. The molecule has 0 saturated carbocycles. The van der Waals surface area contributed by atoms with Gasteiger partial charge in [-0.05, 0) is 65.8 Å². The lowest BCUT2D eigenvalue weighted by Gasteiger charge is -2.20. The maximum atomic E-state index is 12.6. The number of hydrogen-bond acceptors (Lipinski definition) is 2. The molecule has 3 nitrogen and oxygen atoms in total. The molecule has 0 radical (unpaired) electrons. The maximum absolute atomic E-state index is 12.6.